The maximum atomic E-state index is 13.2. The minimum absolute atomic E-state index is 0.262. The van der Waals surface area contributed by atoms with E-state index in [2.05, 4.69) is 31.6 Å². The fraction of sp³-hybridized carbons (Fsp3) is 0.188. The lowest BCUT2D eigenvalue weighted by Crippen LogP contribution is -2.36. The third kappa shape index (κ3) is 4.80. The van der Waals surface area contributed by atoms with E-state index in [1.165, 1.54) is 24.3 Å². The predicted octanol–water partition coefficient (Wildman–Crippen LogP) is 3.59. The highest BCUT2D eigenvalue weighted by molar-refractivity contribution is 9.10. The standard InChI is InChI=1S/C16H16BrF2N3/c1-20-16(21-9-11-2-4-13(18)5-3-11)22-10-12-8-14(19)6-7-15(12)17/h2-8H,9-10H2,1H3,(H2,20,21,22). The van der Waals surface area contributed by atoms with Crippen molar-refractivity contribution in [3.63, 3.8) is 0 Å². The molecular weight excluding hydrogens is 352 g/mol. The highest BCUT2D eigenvalue weighted by atomic mass is 79.9. The van der Waals surface area contributed by atoms with E-state index in [0.717, 1.165) is 15.6 Å². The summed E-state index contributed by atoms with van der Waals surface area (Å²) in [5, 5.41) is 6.22. The van der Waals surface area contributed by atoms with Crippen molar-refractivity contribution in [1.82, 2.24) is 10.6 Å². The van der Waals surface area contributed by atoms with Gasteiger partial charge in [-0.3, -0.25) is 4.99 Å². The second kappa shape index (κ2) is 7.89. The van der Waals surface area contributed by atoms with Gasteiger partial charge in [0.1, 0.15) is 11.6 Å². The van der Waals surface area contributed by atoms with E-state index in [9.17, 15) is 8.78 Å². The number of aliphatic imine (C=N–C) groups is 1. The van der Waals surface area contributed by atoms with Crippen LogP contribution in [0.25, 0.3) is 0 Å². The fourth-order valence-corrected chi connectivity index (χ4v) is 2.25. The highest BCUT2D eigenvalue weighted by Gasteiger charge is 2.04. The molecular formula is C16H16BrF2N3. The monoisotopic (exact) mass is 367 g/mol. The lowest BCUT2D eigenvalue weighted by atomic mass is 10.2. The van der Waals surface area contributed by atoms with Crippen molar-refractivity contribution >= 4 is 21.9 Å². The SMILES string of the molecule is CN=C(NCc1ccc(F)cc1)NCc1cc(F)ccc1Br. The summed E-state index contributed by atoms with van der Waals surface area (Å²) >= 11 is 3.38. The predicted molar refractivity (Wildman–Crippen MR) is 87.5 cm³/mol. The molecule has 0 aliphatic rings. The zero-order valence-corrected chi connectivity index (χ0v) is 13.6. The molecule has 0 radical (unpaired) electrons. The van der Waals surface area contributed by atoms with Gasteiger partial charge >= 0.3 is 0 Å². The Bertz CT molecular complexity index is 657. The van der Waals surface area contributed by atoms with E-state index >= 15 is 0 Å². The van der Waals surface area contributed by atoms with Crippen LogP contribution in [0.1, 0.15) is 11.1 Å². The summed E-state index contributed by atoms with van der Waals surface area (Å²) in [6.07, 6.45) is 0. The molecule has 22 heavy (non-hydrogen) atoms. The molecule has 0 saturated carbocycles. The molecule has 6 heteroatoms. The average Bonchev–Trinajstić information content (AvgIpc) is 2.52. The number of nitrogens with one attached hydrogen (secondary N) is 2. The number of nitrogens with zero attached hydrogens (tertiary/aromatic N) is 1. The summed E-state index contributed by atoms with van der Waals surface area (Å²) in [5.74, 6) is 0.0388. The maximum Gasteiger partial charge on any atom is 0.191 e. The second-order valence-electron chi connectivity index (χ2n) is 4.64. The molecule has 0 spiro atoms. The van der Waals surface area contributed by atoms with E-state index in [1.54, 1.807) is 25.2 Å². The first-order valence-corrected chi connectivity index (χ1v) is 7.50. The van der Waals surface area contributed by atoms with Gasteiger partial charge in [0, 0.05) is 24.6 Å². The highest BCUT2D eigenvalue weighted by Crippen LogP contribution is 2.17. The molecule has 0 unspecified atom stereocenters. The van der Waals surface area contributed by atoms with Crippen LogP contribution in [-0.2, 0) is 13.1 Å². The lowest BCUT2D eigenvalue weighted by molar-refractivity contribution is 0.623. The molecule has 116 valence electrons. The van der Waals surface area contributed by atoms with Crippen LogP contribution < -0.4 is 10.6 Å². The van der Waals surface area contributed by atoms with Crippen LogP contribution in [0.2, 0.25) is 0 Å². The van der Waals surface area contributed by atoms with Crippen LogP contribution >= 0.6 is 15.9 Å². The molecule has 0 aliphatic heterocycles. The van der Waals surface area contributed by atoms with Gasteiger partial charge in [0.2, 0.25) is 0 Å². The van der Waals surface area contributed by atoms with Crippen molar-refractivity contribution in [3.8, 4) is 0 Å². The van der Waals surface area contributed by atoms with E-state index < -0.39 is 0 Å². The zero-order valence-electron chi connectivity index (χ0n) is 12.0. The number of hydrogen-bond donors (Lipinski definition) is 2. The molecule has 0 amide bonds. The molecule has 0 aliphatic carbocycles. The average molecular weight is 368 g/mol. The summed E-state index contributed by atoms with van der Waals surface area (Å²) < 4.78 is 26.9. The molecule has 2 N–H and O–H groups in total. The normalized spacial score (nSPS) is 11.4. The van der Waals surface area contributed by atoms with Crippen molar-refractivity contribution in [2.45, 2.75) is 13.1 Å². The van der Waals surface area contributed by atoms with Gasteiger partial charge < -0.3 is 10.6 Å². The molecule has 2 aromatic rings. The first kappa shape index (κ1) is 16.4. The van der Waals surface area contributed by atoms with Crippen molar-refractivity contribution in [2.75, 3.05) is 7.05 Å². The van der Waals surface area contributed by atoms with Gasteiger partial charge in [-0.25, -0.2) is 8.78 Å². The van der Waals surface area contributed by atoms with Gasteiger partial charge in [0.25, 0.3) is 0 Å². The Kier molecular flexibility index (Phi) is 5.89. The number of benzene rings is 2. The molecule has 2 rings (SSSR count). The van der Waals surface area contributed by atoms with Gasteiger partial charge in [-0.1, -0.05) is 28.1 Å². The van der Waals surface area contributed by atoms with Crippen LogP contribution in [0.3, 0.4) is 0 Å². The van der Waals surface area contributed by atoms with Crippen LogP contribution in [0.15, 0.2) is 51.9 Å². The first-order chi connectivity index (χ1) is 10.6. The van der Waals surface area contributed by atoms with Gasteiger partial charge in [-0.15, -0.1) is 0 Å². The fourth-order valence-electron chi connectivity index (χ4n) is 1.87. The minimum Gasteiger partial charge on any atom is -0.352 e. The Morgan fingerprint density at radius 2 is 1.64 bits per heavy atom. The molecule has 0 bridgehead atoms. The third-order valence-electron chi connectivity index (χ3n) is 3.05. The number of halogens is 3. The summed E-state index contributed by atoms with van der Waals surface area (Å²) in [7, 11) is 1.65. The number of rotatable bonds is 4. The molecule has 3 nitrogen and oxygen atoms in total. The van der Waals surface area contributed by atoms with Gasteiger partial charge in [0.15, 0.2) is 5.96 Å². The quantitative estimate of drug-likeness (QED) is 0.639. The summed E-state index contributed by atoms with van der Waals surface area (Å²) in [6.45, 7) is 0.950. The zero-order chi connectivity index (χ0) is 15.9. The van der Waals surface area contributed by atoms with Crippen molar-refractivity contribution in [1.29, 1.82) is 0 Å². The molecule has 2 aromatic carbocycles. The molecule has 0 atom stereocenters. The van der Waals surface area contributed by atoms with E-state index in [4.69, 9.17) is 0 Å². The largest absolute Gasteiger partial charge is 0.352 e. The maximum absolute atomic E-state index is 13.2. The number of guanidine groups is 1. The Morgan fingerprint density at radius 1 is 1.00 bits per heavy atom. The Labute approximate surface area is 136 Å². The van der Waals surface area contributed by atoms with Crippen molar-refractivity contribution < 1.29 is 8.78 Å². The van der Waals surface area contributed by atoms with Crippen molar-refractivity contribution in [2.24, 2.45) is 4.99 Å². The smallest absolute Gasteiger partial charge is 0.191 e. The lowest BCUT2D eigenvalue weighted by Gasteiger charge is -2.13. The summed E-state index contributed by atoms with van der Waals surface area (Å²) in [5.41, 5.74) is 1.74. The third-order valence-corrected chi connectivity index (χ3v) is 3.82. The molecule has 0 fully saturated rings. The molecule has 0 heterocycles. The van der Waals surface area contributed by atoms with Gasteiger partial charge in [-0.05, 0) is 41.5 Å². The van der Waals surface area contributed by atoms with E-state index in [1.807, 2.05) is 0 Å². The summed E-state index contributed by atoms with van der Waals surface area (Å²) in [4.78, 5) is 4.10. The minimum atomic E-state index is -0.283. The molecule has 0 saturated heterocycles. The van der Waals surface area contributed by atoms with Crippen LogP contribution in [0.5, 0.6) is 0 Å². The van der Waals surface area contributed by atoms with E-state index in [0.29, 0.717) is 19.0 Å². The second-order valence-corrected chi connectivity index (χ2v) is 5.50. The van der Waals surface area contributed by atoms with Crippen LogP contribution in [0, 0.1) is 11.6 Å². The van der Waals surface area contributed by atoms with Crippen LogP contribution in [-0.4, -0.2) is 13.0 Å². The Balaban J connectivity index is 1.90. The van der Waals surface area contributed by atoms with Crippen LogP contribution in [0.4, 0.5) is 8.78 Å². The first-order valence-electron chi connectivity index (χ1n) is 6.71. The number of hydrogen-bond acceptors (Lipinski definition) is 1. The Morgan fingerprint density at radius 3 is 2.32 bits per heavy atom. The topological polar surface area (TPSA) is 36.4 Å². The van der Waals surface area contributed by atoms with Gasteiger partial charge in [0.05, 0.1) is 0 Å². The molecule has 0 aromatic heterocycles. The van der Waals surface area contributed by atoms with E-state index in [-0.39, 0.29) is 11.6 Å². The van der Waals surface area contributed by atoms with Gasteiger partial charge in [-0.2, -0.15) is 0 Å². The van der Waals surface area contributed by atoms with Crippen molar-refractivity contribution in [3.05, 3.63) is 69.7 Å². The Hall–Kier alpha value is -1.95. The summed E-state index contributed by atoms with van der Waals surface area (Å²) in [6, 6.07) is 10.8.